The predicted octanol–water partition coefficient (Wildman–Crippen LogP) is 8.37. The molecule has 4 atom stereocenters. The van der Waals surface area contributed by atoms with Gasteiger partial charge >= 0.3 is 12.4 Å². The smallest absolute Gasteiger partial charge is 0.371 e. The lowest BCUT2D eigenvalue weighted by Gasteiger charge is -2.39. The molecule has 2 aromatic carbocycles. The monoisotopic (exact) mass is 573 g/mol. The summed E-state index contributed by atoms with van der Waals surface area (Å²) in [5.74, 6) is 0.174. The van der Waals surface area contributed by atoms with Crippen molar-refractivity contribution >= 4 is 18.2 Å². The number of aliphatic imine (C=N–C) groups is 1. The number of aliphatic hydroxyl groups is 1. The number of halogens is 6. The molecule has 0 spiro atoms. The van der Waals surface area contributed by atoms with E-state index >= 15 is 0 Å². The van der Waals surface area contributed by atoms with Crippen LogP contribution in [0.4, 0.5) is 26.3 Å². The highest BCUT2D eigenvalue weighted by Gasteiger charge is 2.63. The highest BCUT2D eigenvalue weighted by atomic mass is 31.2. The standard InChI is InChI=1S/C29H34F6NO2P/c1-25(2)21-16-17-26(25,3)22(18-21)36-24(27(37,29(33,34)35)20-14-10-7-11-15-20)39(4,5)38-23(28(30,31)32)19-12-8-6-9-13-19/h6-15,21,23,37H,16-18H2,1-5H3/t21-,23?,26+,27?/m1/s1. The SMILES string of the molecule is CC1(C)[C@@H]2CC[C@@]1(C)C(=NC(C(O)(c1ccccc1)C(F)(F)F)=P(C)(C)OC(c1ccccc1)C(F)(F)F)C2. The molecule has 2 aliphatic carbocycles. The molecule has 0 heterocycles. The van der Waals surface area contributed by atoms with Gasteiger partial charge in [0.05, 0.1) is 0 Å². The van der Waals surface area contributed by atoms with Crippen molar-refractivity contribution in [3.05, 3.63) is 71.8 Å². The van der Waals surface area contributed by atoms with Crippen LogP contribution in [-0.4, -0.2) is 41.9 Å². The number of rotatable bonds is 6. The summed E-state index contributed by atoms with van der Waals surface area (Å²) in [7, 11) is -3.86. The summed E-state index contributed by atoms with van der Waals surface area (Å²) in [4.78, 5) is 4.56. The van der Waals surface area contributed by atoms with Crippen LogP contribution < -0.4 is 0 Å². The molecule has 0 radical (unpaired) electrons. The summed E-state index contributed by atoms with van der Waals surface area (Å²) in [6.45, 7) is 8.47. The molecule has 0 aromatic heterocycles. The fourth-order valence-corrected chi connectivity index (χ4v) is 8.43. The Balaban J connectivity index is 2.02. The topological polar surface area (TPSA) is 41.8 Å². The third kappa shape index (κ3) is 5.00. The number of alkyl halides is 6. The second-order valence-electron chi connectivity index (χ2n) is 11.7. The van der Waals surface area contributed by atoms with Crippen molar-refractivity contribution in [1.82, 2.24) is 0 Å². The Bertz CT molecular complexity index is 1280. The molecule has 39 heavy (non-hydrogen) atoms. The highest BCUT2D eigenvalue weighted by molar-refractivity contribution is 7.70. The predicted molar refractivity (Wildman–Crippen MR) is 143 cm³/mol. The van der Waals surface area contributed by atoms with Crippen molar-refractivity contribution in [3.63, 3.8) is 0 Å². The second-order valence-corrected chi connectivity index (χ2v) is 15.1. The van der Waals surface area contributed by atoms with Crippen molar-refractivity contribution in [2.75, 3.05) is 13.3 Å². The summed E-state index contributed by atoms with van der Waals surface area (Å²) in [6, 6.07) is 13.2. The summed E-state index contributed by atoms with van der Waals surface area (Å²) in [5, 5.41) is 11.6. The zero-order valence-electron chi connectivity index (χ0n) is 22.6. The lowest BCUT2D eigenvalue weighted by atomic mass is 9.70. The molecule has 0 amide bonds. The minimum atomic E-state index is -5.29. The van der Waals surface area contributed by atoms with E-state index in [1.54, 1.807) is 0 Å². The van der Waals surface area contributed by atoms with Gasteiger partial charge in [-0.2, -0.15) is 26.3 Å². The van der Waals surface area contributed by atoms with Gasteiger partial charge in [0, 0.05) is 18.2 Å². The molecule has 3 nitrogen and oxygen atoms in total. The van der Waals surface area contributed by atoms with Gasteiger partial charge < -0.3 is 9.63 Å². The van der Waals surface area contributed by atoms with Gasteiger partial charge in [-0.1, -0.05) is 81.4 Å². The van der Waals surface area contributed by atoms with E-state index in [0.29, 0.717) is 18.6 Å². The van der Waals surface area contributed by atoms with Gasteiger partial charge in [-0.05, 0) is 55.1 Å². The third-order valence-corrected chi connectivity index (χ3v) is 11.1. The van der Waals surface area contributed by atoms with Crippen molar-refractivity contribution in [2.24, 2.45) is 21.7 Å². The van der Waals surface area contributed by atoms with Gasteiger partial charge in [0.15, 0.2) is 6.10 Å². The molecule has 0 saturated heterocycles. The summed E-state index contributed by atoms with van der Waals surface area (Å²) in [6.07, 6.45) is -10.7. The molecule has 4 rings (SSSR count). The zero-order chi connectivity index (χ0) is 29.1. The molecule has 1 N–H and O–H groups in total. The largest absolute Gasteiger partial charge is 0.427 e. The van der Waals surface area contributed by atoms with Gasteiger partial charge in [-0.15, -0.1) is 0 Å². The first kappa shape index (κ1) is 29.9. The van der Waals surface area contributed by atoms with Crippen LogP contribution in [0.5, 0.6) is 0 Å². The lowest BCUT2D eigenvalue weighted by Crippen LogP contribution is -2.50. The van der Waals surface area contributed by atoms with E-state index < -0.39 is 47.6 Å². The van der Waals surface area contributed by atoms with E-state index in [2.05, 4.69) is 4.99 Å². The molecule has 2 unspecified atom stereocenters. The Hall–Kier alpha value is -2.09. The van der Waals surface area contributed by atoms with Crippen LogP contribution in [0.3, 0.4) is 0 Å². The first-order chi connectivity index (χ1) is 17.9. The average molecular weight is 574 g/mol. The van der Waals surface area contributed by atoms with E-state index in [4.69, 9.17) is 4.52 Å². The molecular formula is C29H34F6NO2P. The first-order valence-corrected chi connectivity index (χ1v) is 15.4. The normalized spacial score (nSPS) is 26.5. The minimum absolute atomic E-state index is 0.174. The van der Waals surface area contributed by atoms with E-state index in [-0.39, 0.29) is 16.9 Å². The Morgan fingerprint density at radius 3 is 1.92 bits per heavy atom. The Morgan fingerprint density at radius 1 is 0.949 bits per heavy atom. The number of benzene rings is 2. The van der Waals surface area contributed by atoms with Gasteiger partial charge in [0.2, 0.25) is 5.60 Å². The maximum Gasteiger partial charge on any atom is 0.427 e. The van der Waals surface area contributed by atoms with Gasteiger partial charge in [-0.25, -0.2) is 0 Å². The van der Waals surface area contributed by atoms with Crippen molar-refractivity contribution in [1.29, 1.82) is 0 Å². The van der Waals surface area contributed by atoms with E-state index in [1.807, 2.05) is 20.8 Å². The molecule has 10 heteroatoms. The summed E-state index contributed by atoms with van der Waals surface area (Å²) < 4.78 is 93.5. The molecule has 2 saturated carbocycles. The van der Waals surface area contributed by atoms with Crippen molar-refractivity contribution in [3.8, 4) is 0 Å². The fourth-order valence-electron chi connectivity index (χ4n) is 6.17. The van der Waals surface area contributed by atoms with Gasteiger partial charge in [-0.3, -0.25) is 4.99 Å². The highest BCUT2D eigenvalue weighted by Crippen LogP contribution is 2.65. The number of nitrogens with zero attached hydrogens (tertiary/aromatic N) is 1. The van der Waals surface area contributed by atoms with Crippen LogP contribution in [0.15, 0.2) is 65.7 Å². The maximum atomic E-state index is 15.0. The minimum Gasteiger partial charge on any atom is -0.371 e. The quantitative estimate of drug-likeness (QED) is 0.279. The van der Waals surface area contributed by atoms with Crippen LogP contribution in [0.25, 0.3) is 0 Å². The van der Waals surface area contributed by atoms with Crippen molar-refractivity contribution in [2.45, 2.75) is 64.1 Å². The van der Waals surface area contributed by atoms with Crippen LogP contribution in [0.1, 0.15) is 57.3 Å². The van der Waals surface area contributed by atoms with Gasteiger partial charge in [0.25, 0.3) is 0 Å². The number of hydrogen-bond acceptors (Lipinski definition) is 2. The van der Waals surface area contributed by atoms with Crippen LogP contribution in [-0.2, 0) is 10.1 Å². The fraction of sp³-hybridized carbons (Fsp3) is 0.517. The van der Waals surface area contributed by atoms with E-state index in [1.165, 1.54) is 61.9 Å². The lowest BCUT2D eigenvalue weighted by molar-refractivity contribution is -0.235. The number of hydrogen-bond donors (Lipinski definition) is 1. The Labute approximate surface area is 225 Å². The molecule has 2 bridgehead atoms. The zero-order valence-corrected chi connectivity index (χ0v) is 23.5. The molecule has 2 fully saturated rings. The van der Waals surface area contributed by atoms with Crippen LogP contribution in [0.2, 0.25) is 0 Å². The van der Waals surface area contributed by atoms with Crippen molar-refractivity contribution < 1.29 is 36.0 Å². The summed E-state index contributed by atoms with van der Waals surface area (Å²) in [5.41, 5.74) is -5.58. The molecular weight excluding hydrogens is 539 g/mol. The molecule has 0 aliphatic heterocycles. The van der Waals surface area contributed by atoms with E-state index in [9.17, 15) is 31.4 Å². The van der Waals surface area contributed by atoms with Crippen LogP contribution in [0, 0.1) is 16.7 Å². The number of fused-ring (bicyclic) bond motifs is 2. The molecule has 2 aliphatic rings. The average Bonchev–Trinajstić information content (AvgIpc) is 3.18. The van der Waals surface area contributed by atoms with E-state index in [0.717, 1.165) is 18.6 Å². The van der Waals surface area contributed by atoms with Gasteiger partial charge in [0.1, 0.15) is 5.42 Å². The summed E-state index contributed by atoms with van der Waals surface area (Å²) >= 11 is 0. The Morgan fingerprint density at radius 2 is 1.49 bits per heavy atom. The first-order valence-electron chi connectivity index (χ1n) is 12.8. The Kier molecular flexibility index (Phi) is 7.49. The molecule has 214 valence electrons. The maximum absolute atomic E-state index is 15.0. The molecule has 2 aromatic rings. The third-order valence-electron chi connectivity index (χ3n) is 8.96. The van der Waals surface area contributed by atoms with Crippen LogP contribution >= 0.6 is 7.11 Å². The second kappa shape index (κ2) is 9.78.